The Morgan fingerprint density at radius 3 is 2.05 bits per heavy atom. The van der Waals surface area contributed by atoms with Crippen molar-refractivity contribution in [3.63, 3.8) is 0 Å². The van der Waals surface area contributed by atoms with E-state index in [2.05, 4.69) is 0 Å². The summed E-state index contributed by atoms with van der Waals surface area (Å²) in [5, 5.41) is 9.22. The highest BCUT2D eigenvalue weighted by atomic mass is 19.4. The van der Waals surface area contributed by atoms with Gasteiger partial charge in [0.25, 0.3) is 5.60 Å². The van der Waals surface area contributed by atoms with Crippen LogP contribution in [0.5, 0.6) is 0 Å². The van der Waals surface area contributed by atoms with E-state index in [1.807, 2.05) is 0 Å². The molecule has 1 N–H and O–H groups in total. The highest BCUT2D eigenvalue weighted by molar-refractivity contribution is 5.60. The lowest BCUT2D eigenvalue weighted by molar-refractivity contribution is -0.376. The van der Waals surface area contributed by atoms with Crippen molar-refractivity contribution in [1.29, 1.82) is 0 Å². The molecule has 19 heavy (non-hydrogen) atoms. The van der Waals surface area contributed by atoms with Gasteiger partial charge in [0.2, 0.25) is 0 Å². The van der Waals surface area contributed by atoms with Crippen molar-refractivity contribution in [2.24, 2.45) is 0 Å². The maximum absolute atomic E-state index is 12.7. The van der Waals surface area contributed by atoms with E-state index in [-0.39, 0.29) is 6.42 Å². The summed E-state index contributed by atoms with van der Waals surface area (Å²) in [6.45, 7) is 0. The van der Waals surface area contributed by atoms with Gasteiger partial charge in [0.05, 0.1) is 0 Å². The monoisotopic (exact) mass is 282 g/mol. The molecular weight excluding hydrogens is 274 g/mol. The molecule has 0 radical (unpaired) electrons. The maximum atomic E-state index is 12.7. The highest BCUT2D eigenvalue weighted by Crippen LogP contribution is 2.50. The summed E-state index contributed by atoms with van der Waals surface area (Å²) in [4.78, 5) is 0. The summed E-state index contributed by atoms with van der Waals surface area (Å²) < 4.78 is 75.9. The zero-order valence-corrected chi connectivity index (χ0v) is 9.31. The van der Waals surface area contributed by atoms with Crippen molar-refractivity contribution in [3.05, 3.63) is 41.0 Å². The number of alkyl halides is 6. The topological polar surface area (TPSA) is 20.2 Å². The Hall–Kier alpha value is -1.50. The SMILES string of the molecule is OC(c1ccc2c(c1)CC=C2)(C(F)(F)F)C(F)(F)F. The lowest BCUT2D eigenvalue weighted by Crippen LogP contribution is -2.53. The van der Waals surface area contributed by atoms with Crippen molar-refractivity contribution in [3.8, 4) is 0 Å². The molecule has 0 bridgehead atoms. The third kappa shape index (κ3) is 2.01. The Morgan fingerprint density at radius 2 is 1.53 bits per heavy atom. The Kier molecular flexibility index (Phi) is 2.93. The second kappa shape index (κ2) is 4.00. The summed E-state index contributed by atoms with van der Waals surface area (Å²) in [7, 11) is 0. The van der Waals surface area contributed by atoms with Crippen LogP contribution in [0.1, 0.15) is 16.7 Å². The second-order valence-electron chi connectivity index (χ2n) is 4.23. The minimum absolute atomic E-state index is 0.245. The van der Waals surface area contributed by atoms with E-state index in [0.29, 0.717) is 17.2 Å². The van der Waals surface area contributed by atoms with Crippen LogP contribution in [0, 0.1) is 0 Å². The molecular formula is C12H8F6O. The molecule has 2 rings (SSSR count). The largest absolute Gasteiger partial charge is 0.430 e. The summed E-state index contributed by atoms with van der Waals surface area (Å²) in [5.74, 6) is 0. The quantitative estimate of drug-likeness (QED) is 0.781. The summed E-state index contributed by atoms with van der Waals surface area (Å²) in [5.41, 5.74) is -5.19. The predicted molar refractivity (Wildman–Crippen MR) is 55.2 cm³/mol. The third-order valence-corrected chi connectivity index (χ3v) is 3.02. The van der Waals surface area contributed by atoms with Gasteiger partial charge in [-0.3, -0.25) is 0 Å². The molecule has 0 saturated heterocycles. The van der Waals surface area contributed by atoms with Crippen molar-refractivity contribution < 1.29 is 31.4 Å². The van der Waals surface area contributed by atoms with E-state index in [1.165, 1.54) is 0 Å². The predicted octanol–water partition coefficient (Wildman–Crippen LogP) is 3.57. The molecule has 0 saturated carbocycles. The first-order valence-corrected chi connectivity index (χ1v) is 5.23. The van der Waals surface area contributed by atoms with Crippen LogP contribution in [0.2, 0.25) is 0 Å². The molecule has 0 amide bonds. The lowest BCUT2D eigenvalue weighted by atomic mass is 9.90. The van der Waals surface area contributed by atoms with Gasteiger partial charge in [-0.15, -0.1) is 0 Å². The number of halogens is 6. The molecule has 0 spiro atoms. The number of fused-ring (bicyclic) bond motifs is 1. The van der Waals surface area contributed by atoms with E-state index in [9.17, 15) is 31.4 Å². The lowest BCUT2D eigenvalue weighted by Gasteiger charge is -2.32. The van der Waals surface area contributed by atoms with Gasteiger partial charge in [0.1, 0.15) is 0 Å². The normalized spacial score (nSPS) is 15.7. The Labute approximate surface area is 104 Å². The molecule has 1 aliphatic carbocycles. The summed E-state index contributed by atoms with van der Waals surface area (Å²) in [6.07, 6.45) is -8.22. The molecule has 104 valence electrons. The van der Waals surface area contributed by atoms with Crippen LogP contribution in [0.25, 0.3) is 6.08 Å². The first-order chi connectivity index (χ1) is 8.57. The van der Waals surface area contributed by atoms with Gasteiger partial charge >= 0.3 is 12.4 Å². The van der Waals surface area contributed by atoms with Crippen LogP contribution in [-0.4, -0.2) is 17.5 Å². The molecule has 0 aromatic heterocycles. The standard InChI is InChI=1S/C12H8F6O/c13-11(14,15)10(19,12(16,17)18)9-5-4-7-2-1-3-8(7)6-9/h1-2,4-6,19H,3H2. The van der Waals surface area contributed by atoms with Gasteiger partial charge in [-0.25, -0.2) is 0 Å². The fourth-order valence-corrected chi connectivity index (χ4v) is 1.97. The molecule has 0 heterocycles. The van der Waals surface area contributed by atoms with Crippen LogP contribution in [0.15, 0.2) is 24.3 Å². The molecule has 1 nitrogen and oxygen atoms in total. The number of rotatable bonds is 1. The zero-order chi connectivity index (χ0) is 14.5. The Bertz CT molecular complexity index is 512. The van der Waals surface area contributed by atoms with Crippen molar-refractivity contribution in [2.75, 3.05) is 0 Å². The minimum Gasteiger partial charge on any atom is -0.369 e. The number of hydrogen-bond donors (Lipinski definition) is 1. The van der Waals surface area contributed by atoms with E-state index in [0.717, 1.165) is 12.1 Å². The van der Waals surface area contributed by atoms with Crippen LogP contribution >= 0.6 is 0 Å². The first-order valence-electron chi connectivity index (χ1n) is 5.23. The molecule has 1 aromatic rings. The number of benzene rings is 1. The van der Waals surface area contributed by atoms with Crippen LogP contribution < -0.4 is 0 Å². The maximum Gasteiger partial charge on any atom is 0.430 e. The van der Waals surface area contributed by atoms with Crippen LogP contribution in [0.3, 0.4) is 0 Å². The second-order valence-corrected chi connectivity index (χ2v) is 4.23. The van der Waals surface area contributed by atoms with E-state index >= 15 is 0 Å². The summed E-state index contributed by atoms with van der Waals surface area (Å²) in [6, 6.07) is 2.53. The average Bonchev–Trinajstić information content (AvgIpc) is 2.71. The summed E-state index contributed by atoms with van der Waals surface area (Å²) >= 11 is 0. The van der Waals surface area contributed by atoms with Crippen LogP contribution in [0.4, 0.5) is 26.3 Å². The number of hydrogen-bond acceptors (Lipinski definition) is 1. The van der Waals surface area contributed by atoms with Crippen molar-refractivity contribution in [1.82, 2.24) is 0 Å². The fraction of sp³-hybridized carbons (Fsp3) is 0.333. The molecule has 0 unspecified atom stereocenters. The molecule has 0 fully saturated rings. The van der Waals surface area contributed by atoms with Gasteiger partial charge in [0.15, 0.2) is 0 Å². The van der Waals surface area contributed by atoms with Crippen molar-refractivity contribution >= 4 is 6.08 Å². The minimum atomic E-state index is -5.84. The van der Waals surface area contributed by atoms with E-state index in [1.54, 1.807) is 12.2 Å². The van der Waals surface area contributed by atoms with E-state index in [4.69, 9.17) is 0 Å². The van der Waals surface area contributed by atoms with Gasteiger partial charge in [-0.1, -0.05) is 30.4 Å². The number of allylic oxidation sites excluding steroid dienone is 1. The average molecular weight is 282 g/mol. The Morgan fingerprint density at radius 1 is 0.947 bits per heavy atom. The molecule has 1 aliphatic rings. The van der Waals surface area contributed by atoms with Gasteiger partial charge in [-0.2, -0.15) is 26.3 Å². The van der Waals surface area contributed by atoms with Gasteiger partial charge in [0, 0.05) is 5.56 Å². The highest BCUT2D eigenvalue weighted by Gasteiger charge is 2.71. The smallest absolute Gasteiger partial charge is 0.369 e. The Balaban J connectivity index is 2.58. The zero-order valence-electron chi connectivity index (χ0n) is 9.31. The van der Waals surface area contributed by atoms with E-state index < -0.39 is 23.5 Å². The van der Waals surface area contributed by atoms with Crippen molar-refractivity contribution in [2.45, 2.75) is 24.4 Å². The first kappa shape index (κ1) is 13.9. The third-order valence-electron chi connectivity index (χ3n) is 3.02. The van der Waals surface area contributed by atoms with Crippen LogP contribution in [-0.2, 0) is 12.0 Å². The molecule has 1 aromatic carbocycles. The van der Waals surface area contributed by atoms with Gasteiger partial charge < -0.3 is 5.11 Å². The number of aliphatic hydroxyl groups is 1. The fourth-order valence-electron chi connectivity index (χ4n) is 1.97. The van der Waals surface area contributed by atoms with Gasteiger partial charge in [-0.05, 0) is 17.5 Å². The molecule has 0 atom stereocenters. The molecule has 0 aliphatic heterocycles. The molecule has 7 heteroatoms.